The molecule has 3 N–H and O–H groups in total. The molecule has 0 atom stereocenters. The van der Waals surface area contributed by atoms with Gasteiger partial charge in [0.05, 0.1) is 10.5 Å². The molecule has 0 aliphatic heterocycles. The van der Waals surface area contributed by atoms with E-state index in [2.05, 4.69) is 16.2 Å². The number of anilines is 1. The lowest BCUT2D eigenvalue weighted by atomic mass is 10.1. The fourth-order valence-corrected chi connectivity index (χ4v) is 2.77. The molecule has 1 heterocycles. The second-order valence-corrected chi connectivity index (χ2v) is 6.02. The molecule has 130 valence electrons. The Hall–Kier alpha value is -2.98. The molecule has 0 saturated carbocycles. The average molecular weight is 383 g/mol. The van der Waals surface area contributed by atoms with Crippen molar-refractivity contribution in [3.8, 4) is 0 Å². The van der Waals surface area contributed by atoms with Gasteiger partial charge in [0, 0.05) is 18.0 Å². The number of rotatable bonds is 4. The van der Waals surface area contributed by atoms with E-state index in [1.807, 2.05) is 0 Å². The van der Waals surface area contributed by atoms with Gasteiger partial charge in [-0.15, -0.1) is 11.3 Å². The van der Waals surface area contributed by atoms with Crippen LogP contribution in [0.25, 0.3) is 0 Å². The molecule has 1 aromatic carbocycles. The number of nitrogens with one attached hydrogen (secondary N) is 3. The Morgan fingerprint density at radius 2 is 1.84 bits per heavy atom. The zero-order chi connectivity index (χ0) is 18.6. The van der Waals surface area contributed by atoms with Crippen molar-refractivity contribution in [1.29, 1.82) is 0 Å². The Morgan fingerprint density at radius 1 is 1.12 bits per heavy atom. The molecule has 0 spiro atoms. The first kappa shape index (κ1) is 18.4. The Bertz CT molecular complexity index is 867. The maximum absolute atomic E-state index is 12.4. The number of hydrazine groups is 1. The maximum atomic E-state index is 12.4. The van der Waals surface area contributed by atoms with Gasteiger partial charge in [-0.3, -0.25) is 35.3 Å². The number of carbonyl (C=O) groups is 3. The van der Waals surface area contributed by atoms with Gasteiger partial charge >= 0.3 is 0 Å². The molecule has 0 aliphatic carbocycles. The van der Waals surface area contributed by atoms with Crippen LogP contribution in [0.5, 0.6) is 0 Å². The first-order valence-corrected chi connectivity index (χ1v) is 7.95. The van der Waals surface area contributed by atoms with Crippen molar-refractivity contribution in [2.75, 3.05) is 5.32 Å². The molecule has 11 heteroatoms. The van der Waals surface area contributed by atoms with Crippen molar-refractivity contribution in [2.24, 2.45) is 0 Å². The van der Waals surface area contributed by atoms with Crippen LogP contribution in [0.4, 0.5) is 10.7 Å². The van der Waals surface area contributed by atoms with Crippen molar-refractivity contribution in [2.45, 2.75) is 6.92 Å². The molecule has 0 saturated heterocycles. The van der Waals surface area contributed by atoms with Gasteiger partial charge in [-0.1, -0.05) is 11.6 Å². The van der Waals surface area contributed by atoms with E-state index in [1.165, 1.54) is 25.1 Å². The molecule has 0 radical (unpaired) electrons. The highest BCUT2D eigenvalue weighted by Gasteiger charge is 2.23. The number of carbonyl (C=O) groups excluding carboxylic acids is 3. The summed E-state index contributed by atoms with van der Waals surface area (Å²) in [6, 6.07) is 5.02. The van der Waals surface area contributed by atoms with Crippen molar-refractivity contribution < 1.29 is 19.3 Å². The largest absolute Gasteiger partial charge is 0.313 e. The average Bonchev–Trinajstić information content (AvgIpc) is 3.00. The Morgan fingerprint density at radius 3 is 2.48 bits per heavy atom. The Labute approximate surface area is 150 Å². The third kappa shape index (κ3) is 4.52. The summed E-state index contributed by atoms with van der Waals surface area (Å²) in [5.41, 5.74) is 3.73. The van der Waals surface area contributed by atoms with Gasteiger partial charge in [-0.25, -0.2) is 0 Å². The molecule has 25 heavy (non-hydrogen) atoms. The Balaban J connectivity index is 2.24. The SMILES string of the molecule is CC(=O)NNC(=O)c1ccsc1NC(=O)c1cc(Cl)ccc1[N+](=O)[O-]. The van der Waals surface area contributed by atoms with Crippen molar-refractivity contribution >= 4 is 51.3 Å². The molecule has 2 aromatic rings. The molecular formula is C14H11ClN4O5S. The van der Waals surface area contributed by atoms with Crippen LogP contribution in [0, 0.1) is 10.1 Å². The third-order valence-electron chi connectivity index (χ3n) is 2.89. The smallest absolute Gasteiger partial charge is 0.282 e. The van der Waals surface area contributed by atoms with Gasteiger partial charge < -0.3 is 5.32 Å². The Kier molecular flexibility index (Phi) is 5.67. The van der Waals surface area contributed by atoms with Crippen LogP contribution >= 0.6 is 22.9 Å². The fourth-order valence-electron chi connectivity index (χ4n) is 1.82. The van der Waals surface area contributed by atoms with Crippen LogP contribution in [0.15, 0.2) is 29.6 Å². The molecule has 9 nitrogen and oxygen atoms in total. The first-order chi connectivity index (χ1) is 11.8. The number of amides is 3. The van der Waals surface area contributed by atoms with Crippen LogP contribution in [0.3, 0.4) is 0 Å². The quantitative estimate of drug-likeness (QED) is 0.551. The minimum atomic E-state index is -0.787. The van der Waals surface area contributed by atoms with E-state index in [4.69, 9.17) is 11.6 Å². The zero-order valence-electron chi connectivity index (χ0n) is 12.7. The van der Waals surface area contributed by atoms with E-state index in [9.17, 15) is 24.5 Å². The number of halogens is 1. The highest BCUT2D eigenvalue weighted by Crippen LogP contribution is 2.27. The number of nitro groups is 1. The van der Waals surface area contributed by atoms with Crippen LogP contribution in [0.2, 0.25) is 5.02 Å². The van der Waals surface area contributed by atoms with Crippen LogP contribution in [-0.2, 0) is 4.79 Å². The maximum Gasteiger partial charge on any atom is 0.282 e. The topological polar surface area (TPSA) is 130 Å². The number of nitro benzene ring substituents is 1. The van der Waals surface area contributed by atoms with E-state index in [0.29, 0.717) is 0 Å². The molecule has 2 rings (SSSR count). The van der Waals surface area contributed by atoms with Crippen molar-refractivity contribution in [1.82, 2.24) is 10.9 Å². The molecule has 0 bridgehead atoms. The van der Waals surface area contributed by atoms with E-state index in [0.717, 1.165) is 17.4 Å². The fraction of sp³-hybridized carbons (Fsp3) is 0.0714. The second-order valence-electron chi connectivity index (χ2n) is 4.67. The van der Waals surface area contributed by atoms with Gasteiger partial charge in [0.25, 0.3) is 17.5 Å². The summed E-state index contributed by atoms with van der Waals surface area (Å²) in [5, 5.41) is 15.4. The lowest BCUT2D eigenvalue weighted by Gasteiger charge is -2.08. The second kappa shape index (κ2) is 7.73. The minimum absolute atomic E-state index is 0.0942. The van der Waals surface area contributed by atoms with Gasteiger partial charge in [-0.2, -0.15) is 0 Å². The van der Waals surface area contributed by atoms with Crippen molar-refractivity contribution in [3.05, 3.63) is 55.9 Å². The normalized spacial score (nSPS) is 10.0. The molecule has 0 aliphatic rings. The number of thiophene rings is 1. The highest BCUT2D eigenvalue weighted by molar-refractivity contribution is 7.14. The summed E-state index contributed by atoms with van der Waals surface area (Å²) in [6.45, 7) is 1.22. The molecular weight excluding hydrogens is 372 g/mol. The van der Waals surface area contributed by atoms with Gasteiger partial charge in [0.1, 0.15) is 10.6 Å². The summed E-state index contributed by atoms with van der Waals surface area (Å²) < 4.78 is 0. The standard InChI is InChI=1S/C14H11ClN4O5S/c1-7(20)17-18-13(22)9-4-5-25-14(9)16-12(21)10-6-8(15)2-3-11(10)19(23)24/h2-6H,1H3,(H,16,21)(H,17,20)(H,18,22). The van der Waals surface area contributed by atoms with Crippen molar-refractivity contribution in [3.63, 3.8) is 0 Å². The molecule has 1 aromatic heterocycles. The van der Waals surface area contributed by atoms with E-state index >= 15 is 0 Å². The molecule has 0 unspecified atom stereocenters. The summed E-state index contributed by atoms with van der Waals surface area (Å²) in [7, 11) is 0. The summed E-state index contributed by atoms with van der Waals surface area (Å²) in [4.78, 5) is 45.5. The van der Waals surface area contributed by atoms with E-state index < -0.39 is 28.3 Å². The molecule has 3 amide bonds. The minimum Gasteiger partial charge on any atom is -0.313 e. The van der Waals surface area contributed by atoms with Crippen LogP contribution < -0.4 is 16.2 Å². The van der Waals surface area contributed by atoms with Gasteiger partial charge in [0.2, 0.25) is 5.91 Å². The van der Waals surface area contributed by atoms with Gasteiger partial charge in [0.15, 0.2) is 0 Å². The lowest BCUT2D eigenvalue weighted by Crippen LogP contribution is -2.40. The predicted molar refractivity (Wildman–Crippen MR) is 91.7 cm³/mol. The number of benzene rings is 1. The summed E-state index contributed by atoms with van der Waals surface area (Å²) >= 11 is 6.84. The number of hydrogen-bond donors (Lipinski definition) is 3. The highest BCUT2D eigenvalue weighted by atomic mass is 35.5. The third-order valence-corrected chi connectivity index (χ3v) is 3.95. The van der Waals surface area contributed by atoms with Gasteiger partial charge in [-0.05, 0) is 23.6 Å². The number of hydrogen-bond acceptors (Lipinski definition) is 6. The lowest BCUT2D eigenvalue weighted by molar-refractivity contribution is -0.385. The first-order valence-electron chi connectivity index (χ1n) is 6.69. The zero-order valence-corrected chi connectivity index (χ0v) is 14.2. The monoisotopic (exact) mass is 382 g/mol. The molecule has 0 fully saturated rings. The predicted octanol–water partition coefficient (Wildman–Crippen LogP) is 2.34. The van der Waals surface area contributed by atoms with E-state index in [-0.39, 0.29) is 21.2 Å². The van der Waals surface area contributed by atoms with Crippen LogP contribution in [0.1, 0.15) is 27.6 Å². The summed E-state index contributed by atoms with van der Waals surface area (Å²) in [5.74, 6) is -1.90. The number of nitrogens with zero attached hydrogens (tertiary/aromatic N) is 1. The van der Waals surface area contributed by atoms with E-state index in [1.54, 1.807) is 5.38 Å². The summed E-state index contributed by atoms with van der Waals surface area (Å²) in [6.07, 6.45) is 0. The van der Waals surface area contributed by atoms with Crippen LogP contribution in [-0.4, -0.2) is 22.6 Å².